The Balaban J connectivity index is 2.00. The number of nitrogen functional groups attached to an aromatic ring is 1. The highest BCUT2D eigenvalue weighted by molar-refractivity contribution is 8.00. The molecule has 2 aromatic carbocycles. The van der Waals surface area contributed by atoms with E-state index in [4.69, 9.17) is 10.5 Å². The van der Waals surface area contributed by atoms with Crippen LogP contribution in [-0.2, 0) is 0 Å². The van der Waals surface area contributed by atoms with E-state index in [1.165, 1.54) is 31.4 Å². The second kappa shape index (κ2) is 9.08. The molecule has 0 amide bonds. The van der Waals surface area contributed by atoms with Crippen molar-refractivity contribution in [3.05, 3.63) is 71.0 Å². The summed E-state index contributed by atoms with van der Waals surface area (Å²) in [7, 11) is 1.54. The minimum absolute atomic E-state index is 0.0271. The van der Waals surface area contributed by atoms with Crippen molar-refractivity contribution in [2.24, 2.45) is 0 Å². The summed E-state index contributed by atoms with van der Waals surface area (Å²) < 4.78 is 18.2. The number of thioether (sulfide) groups is 1. The van der Waals surface area contributed by atoms with Gasteiger partial charge in [-0.25, -0.2) is 9.37 Å². The third kappa shape index (κ3) is 4.24. The number of ether oxygens (including phenoxy) is 1. The molecule has 148 valence electrons. The summed E-state index contributed by atoms with van der Waals surface area (Å²) in [5.41, 5.74) is 7.52. The smallest absolute Gasteiger partial charge is 0.173 e. The summed E-state index contributed by atoms with van der Waals surface area (Å²) >= 11 is 1.04. The maximum atomic E-state index is 13.1. The first-order valence-corrected chi connectivity index (χ1v) is 9.66. The van der Waals surface area contributed by atoms with Gasteiger partial charge in [0.05, 0.1) is 18.4 Å². The number of ketones is 1. The van der Waals surface area contributed by atoms with E-state index in [0.717, 1.165) is 11.8 Å². The second-order valence-corrected chi connectivity index (χ2v) is 7.06. The van der Waals surface area contributed by atoms with Gasteiger partial charge in [0, 0.05) is 11.1 Å². The zero-order chi connectivity index (χ0) is 21.7. The average Bonchev–Trinajstić information content (AvgIpc) is 2.77. The molecule has 3 aromatic rings. The summed E-state index contributed by atoms with van der Waals surface area (Å²) in [6.45, 7) is 0. The molecule has 0 saturated heterocycles. The van der Waals surface area contributed by atoms with E-state index in [0.29, 0.717) is 22.4 Å². The van der Waals surface area contributed by atoms with Gasteiger partial charge in [0.15, 0.2) is 5.78 Å². The quantitative estimate of drug-likeness (QED) is 0.471. The first-order valence-electron chi connectivity index (χ1n) is 8.68. The average molecular weight is 418 g/mol. The molecule has 0 atom stereocenters. The number of carbonyl (C=O) groups is 1. The summed E-state index contributed by atoms with van der Waals surface area (Å²) in [5, 5.41) is 19.6. The van der Waals surface area contributed by atoms with Crippen LogP contribution in [0.1, 0.15) is 21.5 Å². The molecule has 0 saturated carbocycles. The lowest BCUT2D eigenvalue weighted by Gasteiger charge is -2.13. The van der Waals surface area contributed by atoms with Crippen molar-refractivity contribution in [3.8, 4) is 29.0 Å². The van der Waals surface area contributed by atoms with E-state index in [9.17, 15) is 19.7 Å². The summed E-state index contributed by atoms with van der Waals surface area (Å²) in [6.07, 6.45) is 0. The fourth-order valence-corrected chi connectivity index (χ4v) is 3.69. The Morgan fingerprint density at radius 1 is 1.10 bits per heavy atom. The van der Waals surface area contributed by atoms with Crippen molar-refractivity contribution in [2.75, 3.05) is 18.6 Å². The molecule has 0 fully saturated rings. The van der Waals surface area contributed by atoms with E-state index in [2.05, 4.69) is 11.1 Å². The fraction of sp³-hybridized carbons (Fsp3) is 0.0909. The largest absolute Gasteiger partial charge is 0.497 e. The number of nitriles is 2. The van der Waals surface area contributed by atoms with Gasteiger partial charge in [-0.05, 0) is 42.0 Å². The van der Waals surface area contributed by atoms with Crippen LogP contribution >= 0.6 is 11.8 Å². The normalized spacial score (nSPS) is 10.1. The number of aromatic nitrogens is 1. The number of hydrogen-bond donors (Lipinski definition) is 1. The summed E-state index contributed by atoms with van der Waals surface area (Å²) in [5.74, 6) is -0.117. The maximum absolute atomic E-state index is 13.1. The van der Waals surface area contributed by atoms with Gasteiger partial charge in [0.2, 0.25) is 0 Å². The van der Waals surface area contributed by atoms with Crippen LogP contribution in [0, 0.1) is 28.5 Å². The molecule has 0 aliphatic rings. The topological polar surface area (TPSA) is 113 Å². The minimum atomic E-state index is -0.434. The molecule has 1 aromatic heterocycles. The summed E-state index contributed by atoms with van der Waals surface area (Å²) in [6, 6.07) is 16.1. The van der Waals surface area contributed by atoms with E-state index in [-0.39, 0.29) is 33.5 Å². The van der Waals surface area contributed by atoms with Gasteiger partial charge in [0.1, 0.15) is 40.1 Å². The van der Waals surface area contributed by atoms with Crippen LogP contribution in [0.2, 0.25) is 0 Å². The molecule has 0 bridgehead atoms. The van der Waals surface area contributed by atoms with Crippen LogP contribution in [-0.4, -0.2) is 23.6 Å². The molecule has 8 heteroatoms. The second-order valence-electron chi connectivity index (χ2n) is 6.10. The monoisotopic (exact) mass is 418 g/mol. The van der Waals surface area contributed by atoms with E-state index in [1.54, 1.807) is 24.3 Å². The standard InChI is InChI=1S/C22H15FN4O2S/c1-29-16-8-4-14(5-9-16)20-17(10-24)21(26)27-22(18(20)11-25)30-12-19(28)13-2-6-15(23)7-3-13/h2-9H,12H2,1H3,(H2,26,27). The van der Waals surface area contributed by atoms with Crippen molar-refractivity contribution in [2.45, 2.75) is 5.03 Å². The minimum Gasteiger partial charge on any atom is -0.497 e. The first-order chi connectivity index (χ1) is 14.5. The Morgan fingerprint density at radius 3 is 2.30 bits per heavy atom. The number of carbonyl (C=O) groups excluding carboxylic acids is 1. The van der Waals surface area contributed by atoms with Crippen LogP contribution < -0.4 is 10.5 Å². The lowest BCUT2D eigenvalue weighted by Crippen LogP contribution is -2.06. The molecular weight excluding hydrogens is 403 g/mol. The van der Waals surface area contributed by atoms with Crippen LogP contribution in [0.4, 0.5) is 10.2 Å². The Hall–Kier alpha value is -3.88. The number of nitrogens with two attached hydrogens (primary N) is 1. The number of Topliss-reactive ketones (excluding diaryl/α,β-unsaturated/α-hetero) is 1. The van der Waals surface area contributed by atoms with Crippen molar-refractivity contribution in [1.82, 2.24) is 4.98 Å². The van der Waals surface area contributed by atoms with Crippen LogP contribution in [0.3, 0.4) is 0 Å². The molecule has 0 spiro atoms. The molecule has 6 nitrogen and oxygen atoms in total. The molecule has 1 heterocycles. The number of rotatable bonds is 6. The number of methoxy groups -OCH3 is 1. The summed E-state index contributed by atoms with van der Waals surface area (Å²) in [4.78, 5) is 16.6. The van der Waals surface area contributed by atoms with Gasteiger partial charge >= 0.3 is 0 Å². The molecule has 30 heavy (non-hydrogen) atoms. The highest BCUT2D eigenvalue weighted by atomic mass is 32.2. The first kappa shape index (κ1) is 20.8. The van der Waals surface area contributed by atoms with Crippen LogP contribution in [0.25, 0.3) is 11.1 Å². The van der Waals surface area contributed by atoms with Crippen molar-refractivity contribution in [3.63, 3.8) is 0 Å². The number of anilines is 1. The highest BCUT2D eigenvalue weighted by Gasteiger charge is 2.21. The van der Waals surface area contributed by atoms with Crippen LogP contribution in [0.15, 0.2) is 53.6 Å². The number of nitrogens with zero attached hydrogens (tertiary/aromatic N) is 3. The van der Waals surface area contributed by atoms with Gasteiger partial charge in [0.25, 0.3) is 0 Å². The molecule has 2 N–H and O–H groups in total. The van der Waals surface area contributed by atoms with E-state index in [1.807, 2.05) is 6.07 Å². The Bertz CT molecular complexity index is 1180. The van der Waals surface area contributed by atoms with Crippen molar-refractivity contribution < 1.29 is 13.9 Å². The number of hydrogen-bond acceptors (Lipinski definition) is 7. The Kier molecular flexibility index (Phi) is 6.31. The van der Waals surface area contributed by atoms with Gasteiger partial charge in [-0.3, -0.25) is 4.79 Å². The number of pyridine rings is 1. The van der Waals surface area contributed by atoms with E-state index < -0.39 is 5.82 Å². The van der Waals surface area contributed by atoms with Crippen LogP contribution in [0.5, 0.6) is 5.75 Å². The number of halogens is 1. The SMILES string of the molecule is COc1ccc(-c2c(C#N)c(N)nc(SCC(=O)c3ccc(F)cc3)c2C#N)cc1. The fourth-order valence-electron chi connectivity index (χ4n) is 2.80. The van der Waals surface area contributed by atoms with Crippen molar-refractivity contribution in [1.29, 1.82) is 10.5 Å². The van der Waals surface area contributed by atoms with Gasteiger partial charge in [-0.1, -0.05) is 23.9 Å². The third-order valence-corrected chi connectivity index (χ3v) is 5.28. The predicted molar refractivity (Wildman–Crippen MR) is 112 cm³/mol. The van der Waals surface area contributed by atoms with Gasteiger partial charge in [-0.2, -0.15) is 10.5 Å². The maximum Gasteiger partial charge on any atom is 0.173 e. The lowest BCUT2D eigenvalue weighted by atomic mass is 9.97. The zero-order valence-corrected chi connectivity index (χ0v) is 16.7. The number of benzene rings is 2. The predicted octanol–water partition coefficient (Wildman–Crippen LogP) is 4.20. The third-order valence-electron chi connectivity index (χ3n) is 4.30. The van der Waals surface area contributed by atoms with Gasteiger partial charge in [-0.15, -0.1) is 0 Å². The Labute approximate surface area is 176 Å². The zero-order valence-electron chi connectivity index (χ0n) is 15.8. The highest BCUT2D eigenvalue weighted by Crippen LogP contribution is 2.36. The van der Waals surface area contributed by atoms with Crippen molar-refractivity contribution >= 4 is 23.4 Å². The molecule has 0 aliphatic heterocycles. The molecule has 0 aliphatic carbocycles. The lowest BCUT2D eigenvalue weighted by molar-refractivity contribution is 0.102. The molecule has 0 radical (unpaired) electrons. The molecular formula is C22H15FN4O2S. The Morgan fingerprint density at radius 2 is 1.73 bits per heavy atom. The van der Waals surface area contributed by atoms with Gasteiger partial charge < -0.3 is 10.5 Å². The molecule has 0 unspecified atom stereocenters. The van der Waals surface area contributed by atoms with E-state index >= 15 is 0 Å². The molecule has 3 rings (SSSR count).